The minimum absolute atomic E-state index is 0.226. The molecule has 6 nitrogen and oxygen atoms in total. The molecule has 2 aromatic heterocycles. The number of carbonyl (C=O) groups excluding carboxylic acids is 1. The number of para-hydroxylation sites is 1. The van der Waals surface area contributed by atoms with Crippen LogP contribution in [0.5, 0.6) is 0 Å². The average Bonchev–Trinajstić information content (AvgIpc) is 3.02. The zero-order valence-electron chi connectivity index (χ0n) is 12.8. The molecular weight excluding hydrogens is 356 g/mol. The number of aromatic nitrogens is 3. The molecule has 4 rings (SSSR count). The van der Waals surface area contributed by atoms with E-state index in [2.05, 4.69) is 20.3 Å². The van der Waals surface area contributed by atoms with E-state index in [1.807, 2.05) is 24.3 Å². The fraction of sp³-hybridized carbons (Fsp3) is 0.0588. The number of aromatic amines is 2. The van der Waals surface area contributed by atoms with Crippen LogP contribution in [0.15, 0.2) is 47.3 Å². The summed E-state index contributed by atoms with van der Waals surface area (Å²) in [7, 11) is 0. The van der Waals surface area contributed by atoms with E-state index in [1.165, 1.54) is 0 Å². The van der Waals surface area contributed by atoms with Crippen LogP contribution in [0.25, 0.3) is 21.1 Å². The molecule has 0 atom stereocenters. The molecule has 0 fully saturated rings. The summed E-state index contributed by atoms with van der Waals surface area (Å²) in [5, 5.41) is 4.15. The first-order valence-electron chi connectivity index (χ1n) is 7.49. The van der Waals surface area contributed by atoms with Gasteiger partial charge < -0.3 is 10.3 Å². The van der Waals surface area contributed by atoms with Crippen molar-refractivity contribution in [2.45, 2.75) is 6.54 Å². The molecule has 0 bridgehead atoms. The van der Waals surface area contributed by atoms with E-state index in [1.54, 1.807) is 29.5 Å². The lowest BCUT2D eigenvalue weighted by Gasteiger charge is -2.04. The fourth-order valence-corrected chi connectivity index (χ4v) is 3.67. The second-order valence-corrected chi connectivity index (χ2v) is 6.95. The Morgan fingerprint density at radius 2 is 2.04 bits per heavy atom. The van der Waals surface area contributed by atoms with Crippen LogP contribution in [0.3, 0.4) is 0 Å². The fourth-order valence-electron chi connectivity index (χ4n) is 2.56. The second kappa shape index (κ2) is 6.23. The summed E-state index contributed by atoms with van der Waals surface area (Å²) < 4.78 is 1.31. The Morgan fingerprint density at radius 1 is 1.20 bits per heavy atom. The van der Waals surface area contributed by atoms with Crippen molar-refractivity contribution in [2.24, 2.45) is 0 Å². The Balaban J connectivity index is 1.57. The Labute approximate surface area is 150 Å². The number of thiazole rings is 1. The van der Waals surface area contributed by atoms with Gasteiger partial charge in [0.1, 0.15) is 5.01 Å². The van der Waals surface area contributed by atoms with Gasteiger partial charge in [0.05, 0.1) is 27.7 Å². The van der Waals surface area contributed by atoms with Crippen LogP contribution in [0, 0.1) is 4.77 Å². The number of hydrogen-bond acceptors (Lipinski definition) is 5. The molecule has 0 unspecified atom stereocenters. The number of hydrogen-bond donors (Lipinski definition) is 3. The third kappa shape index (κ3) is 3.09. The number of fused-ring (bicyclic) bond motifs is 2. The highest BCUT2D eigenvalue weighted by atomic mass is 32.1. The van der Waals surface area contributed by atoms with Crippen molar-refractivity contribution in [3.63, 3.8) is 0 Å². The normalized spacial score (nSPS) is 11.0. The molecule has 0 aliphatic carbocycles. The lowest BCUT2D eigenvalue weighted by atomic mass is 10.1. The maximum absolute atomic E-state index is 12.4. The van der Waals surface area contributed by atoms with Gasteiger partial charge in [-0.3, -0.25) is 14.6 Å². The van der Waals surface area contributed by atoms with Crippen LogP contribution in [0.4, 0.5) is 0 Å². The van der Waals surface area contributed by atoms with Gasteiger partial charge in [0.15, 0.2) is 4.77 Å². The van der Waals surface area contributed by atoms with Crippen LogP contribution in [-0.2, 0) is 6.54 Å². The van der Waals surface area contributed by atoms with Crippen LogP contribution in [0.2, 0.25) is 0 Å². The highest BCUT2D eigenvalue weighted by Crippen LogP contribution is 2.21. The minimum Gasteiger partial charge on any atom is -0.346 e. The van der Waals surface area contributed by atoms with Crippen LogP contribution in [-0.4, -0.2) is 20.9 Å². The molecular formula is C17H12N4O2S2. The first-order chi connectivity index (χ1) is 12.1. The van der Waals surface area contributed by atoms with Crippen molar-refractivity contribution >= 4 is 50.6 Å². The van der Waals surface area contributed by atoms with Gasteiger partial charge in [-0.25, -0.2) is 4.98 Å². The predicted octanol–water partition coefficient (Wildman–Crippen LogP) is 3.13. The number of H-pyrrole nitrogens is 2. The van der Waals surface area contributed by atoms with Crippen molar-refractivity contribution in [1.29, 1.82) is 0 Å². The number of carbonyl (C=O) groups is 1. The van der Waals surface area contributed by atoms with E-state index in [4.69, 9.17) is 12.2 Å². The highest BCUT2D eigenvalue weighted by molar-refractivity contribution is 7.71. The number of nitrogens with zero attached hydrogens (tertiary/aromatic N) is 1. The third-order valence-electron chi connectivity index (χ3n) is 3.74. The van der Waals surface area contributed by atoms with Gasteiger partial charge in [-0.15, -0.1) is 11.3 Å². The standard InChI is InChI=1S/C17H12N4O2S2/c22-15(18-8-14-19-11-3-1-2-4-13(11)25-14)9-5-6-10-12(7-9)20-17(24)21-16(10)23/h1-7H,8H2,(H,18,22)(H2,20,21,23,24). The monoisotopic (exact) mass is 368 g/mol. The average molecular weight is 368 g/mol. The van der Waals surface area contributed by atoms with Gasteiger partial charge in [0, 0.05) is 5.56 Å². The third-order valence-corrected chi connectivity index (χ3v) is 4.98. The summed E-state index contributed by atoms with van der Waals surface area (Å²) in [5.74, 6) is -0.235. The summed E-state index contributed by atoms with van der Waals surface area (Å²) in [5.41, 5.74) is 1.63. The van der Waals surface area contributed by atoms with Crippen LogP contribution >= 0.6 is 23.6 Å². The minimum atomic E-state index is -0.278. The van der Waals surface area contributed by atoms with Crippen molar-refractivity contribution in [3.8, 4) is 0 Å². The molecule has 124 valence electrons. The van der Waals surface area contributed by atoms with E-state index in [0.29, 0.717) is 23.0 Å². The molecule has 0 saturated heterocycles. The number of amides is 1. The van der Waals surface area contributed by atoms with Gasteiger partial charge in [-0.05, 0) is 42.5 Å². The Morgan fingerprint density at radius 3 is 2.88 bits per heavy atom. The van der Waals surface area contributed by atoms with Crippen molar-refractivity contribution in [3.05, 3.63) is 68.2 Å². The quantitative estimate of drug-likeness (QED) is 0.485. The van der Waals surface area contributed by atoms with Gasteiger partial charge >= 0.3 is 0 Å². The number of nitrogens with one attached hydrogen (secondary N) is 3. The summed E-state index contributed by atoms with van der Waals surface area (Å²) in [6.07, 6.45) is 0. The number of rotatable bonds is 3. The molecule has 1 amide bonds. The summed E-state index contributed by atoms with van der Waals surface area (Å²) >= 11 is 6.51. The first kappa shape index (κ1) is 15.7. The van der Waals surface area contributed by atoms with Crippen molar-refractivity contribution in [2.75, 3.05) is 0 Å². The zero-order chi connectivity index (χ0) is 17.4. The smallest absolute Gasteiger partial charge is 0.259 e. The lowest BCUT2D eigenvalue weighted by molar-refractivity contribution is 0.0951. The van der Waals surface area contributed by atoms with E-state index in [0.717, 1.165) is 15.2 Å². The van der Waals surface area contributed by atoms with Crippen LogP contribution in [0.1, 0.15) is 15.4 Å². The first-order valence-corrected chi connectivity index (χ1v) is 8.72. The highest BCUT2D eigenvalue weighted by Gasteiger charge is 2.10. The van der Waals surface area contributed by atoms with E-state index in [9.17, 15) is 9.59 Å². The lowest BCUT2D eigenvalue weighted by Crippen LogP contribution is -2.22. The molecule has 0 aliphatic rings. The number of benzene rings is 2. The summed E-state index contributed by atoms with van der Waals surface area (Å²) in [6, 6.07) is 12.7. The predicted molar refractivity (Wildman–Crippen MR) is 101 cm³/mol. The molecule has 4 aromatic rings. The van der Waals surface area contributed by atoms with E-state index < -0.39 is 0 Å². The Bertz CT molecular complexity index is 1190. The maximum atomic E-state index is 12.4. The zero-order valence-corrected chi connectivity index (χ0v) is 14.5. The Kier molecular flexibility index (Phi) is 3.90. The molecule has 0 spiro atoms. The molecule has 0 radical (unpaired) electrons. The van der Waals surface area contributed by atoms with Gasteiger partial charge in [0.2, 0.25) is 0 Å². The SMILES string of the molecule is O=C(NCc1nc2ccccc2s1)c1ccc2c(=O)[nH]c(=S)[nH]c2c1. The second-order valence-electron chi connectivity index (χ2n) is 5.43. The summed E-state index contributed by atoms with van der Waals surface area (Å²) in [4.78, 5) is 34.1. The topological polar surface area (TPSA) is 90.6 Å². The molecule has 0 aliphatic heterocycles. The maximum Gasteiger partial charge on any atom is 0.259 e. The molecule has 0 saturated carbocycles. The van der Waals surface area contributed by atoms with Gasteiger partial charge in [-0.2, -0.15) is 0 Å². The van der Waals surface area contributed by atoms with Crippen molar-refractivity contribution < 1.29 is 4.79 Å². The largest absolute Gasteiger partial charge is 0.346 e. The van der Waals surface area contributed by atoms with Crippen LogP contribution < -0.4 is 10.9 Å². The summed E-state index contributed by atoms with van der Waals surface area (Å²) in [6.45, 7) is 0.349. The van der Waals surface area contributed by atoms with Gasteiger partial charge in [-0.1, -0.05) is 12.1 Å². The molecule has 25 heavy (non-hydrogen) atoms. The molecule has 2 aromatic carbocycles. The van der Waals surface area contributed by atoms with Crippen molar-refractivity contribution in [1.82, 2.24) is 20.3 Å². The molecule has 3 N–H and O–H groups in total. The molecule has 8 heteroatoms. The van der Waals surface area contributed by atoms with E-state index >= 15 is 0 Å². The van der Waals surface area contributed by atoms with Gasteiger partial charge in [0.25, 0.3) is 11.5 Å². The van der Waals surface area contributed by atoms with E-state index in [-0.39, 0.29) is 16.2 Å². The Hall–Kier alpha value is -2.84. The molecule has 2 heterocycles.